The molecule has 2 aliphatic heterocycles. The third kappa shape index (κ3) is 2.70. The zero-order chi connectivity index (χ0) is 13.9. The maximum Gasteiger partial charge on any atom is 0.119 e. The van der Waals surface area contributed by atoms with Crippen molar-refractivity contribution in [3.05, 3.63) is 29.8 Å². The molecule has 4 atom stereocenters. The SMILES string of the molecule is CCCOc1ccc(C(NC)C2CC3CCC2O3)cc1. The van der Waals surface area contributed by atoms with Crippen molar-refractivity contribution in [2.45, 2.75) is 50.9 Å². The van der Waals surface area contributed by atoms with E-state index in [1.54, 1.807) is 0 Å². The smallest absolute Gasteiger partial charge is 0.119 e. The van der Waals surface area contributed by atoms with Crippen LogP contribution < -0.4 is 10.1 Å². The second-order valence-electron chi connectivity index (χ2n) is 5.96. The van der Waals surface area contributed by atoms with Crippen LogP contribution >= 0.6 is 0 Å². The molecule has 1 aromatic carbocycles. The van der Waals surface area contributed by atoms with Crippen LogP contribution in [0.4, 0.5) is 0 Å². The highest BCUT2D eigenvalue weighted by Crippen LogP contribution is 2.44. The average Bonchev–Trinajstić information content (AvgIpc) is 3.10. The molecule has 2 heterocycles. The standard InChI is InChI=1S/C17H25NO2/c1-3-10-19-13-6-4-12(5-7-13)17(18-2)15-11-14-8-9-16(15)20-14/h4-7,14-18H,3,8-11H2,1-2H3. The highest BCUT2D eigenvalue weighted by atomic mass is 16.5. The highest BCUT2D eigenvalue weighted by molar-refractivity contribution is 5.30. The van der Waals surface area contributed by atoms with Gasteiger partial charge in [-0.1, -0.05) is 19.1 Å². The lowest BCUT2D eigenvalue weighted by Gasteiger charge is -2.28. The topological polar surface area (TPSA) is 30.5 Å². The van der Waals surface area contributed by atoms with E-state index in [4.69, 9.17) is 9.47 Å². The molecular weight excluding hydrogens is 250 g/mol. The highest BCUT2D eigenvalue weighted by Gasteiger charge is 2.44. The lowest BCUT2D eigenvalue weighted by Crippen LogP contribution is -2.31. The molecule has 3 nitrogen and oxygen atoms in total. The van der Waals surface area contributed by atoms with Gasteiger partial charge in [0.1, 0.15) is 5.75 Å². The summed E-state index contributed by atoms with van der Waals surface area (Å²) in [5, 5.41) is 3.49. The fraction of sp³-hybridized carbons (Fsp3) is 0.647. The largest absolute Gasteiger partial charge is 0.494 e. The number of benzene rings is 1. The molecule has 0 radical (unpaired) electrons. The number of fused-ring (bicyclic) bond motifs is 2. The van der Waals surface area contributed by atoms with Crippen molar-refractivity contribution in [3.8, 4) is 5.75 Å². The van der Waals surface area contributed by atoms with Crippen molar-refractivity contribution >= 4 is 0 Å². The van der Waals surface area contributed by atoms with E-state index in [-0.39, 0.29) is 0 Å². The predicted octanol–water partition coefficient (Wildman–Crippen LogP) is 3.30. The van der Waals surface area contributed by atoms with Gasteiger partial charge in [-0.3, -0.25) is 0 Å². The Labute approximate surface area is 121 Å². The van der Waals surface area contributed by atoms with Gasteiger partial charge in [-0.05, 0) is 50.4 Å². The summed E-state index contributed by atoms with van der Waals surface area (Å²) in [5.41, 5.74) is 1.34. The maximum absolute atomic E-state index is 6.00. The van der Waals surface area contributed by atoms with Gasteiger partial charge in [0.25, 0.3) is 0 Å². The number of hydrogen-bond acceptors (Lipinski definition) is 3. The lowest BCUT2D eigenvalue weighted by atomic mass is 9.81. The molecule has 3 heteroatoms. The van der Waals surface area contributed by atoms with E-state index in [0.717, 1.165) is 18.8 Å². The minimum absolute atomic E-state index is 0.394. The Hall–Kier alpha value is -1.06. The number of hydrogen-bond donors (Lipinski definition) is 1. The normalized spacial score (nSPS) is 29.6. The Bertz CT molecular complexity index is 431. The molecule has 0 aromatic heterocycles. The van der Waals surface area contributed by atoms with Gasteiger partial charge in [0.15, 0.2) is 0 Å². The Morgan fingerprint density at radius 3 is 2.65 bits per heavy atom. The monoisotopic (exact) mass is 275 g/mol. The first-order valence-corrected chi connectivity index (χ1v) is 7.87. The Morgan fingerprint density at radius 2 is 2.10 bits per heavy atom. The first-order chi connectivity index (χ1) is 9.81. The van der Waals surface area contributed by atoms with Crippen LogP contribution in [0.5, 0.6) is 5.75 Å². The maximum atomic E-state index is 6.00. The van der Waals surface area contributed by atoms with Crippen LogP contribution in [0, 0.1) is 5.92 Å². The minimum Gasteiger partial charge on any atom is -0.494 e. The van der Waals surface area contributed by atoms with Gasteiger partial charge in [0.2, 0.25) is 0 Å². The molecule has 0 aliphatic carbocycles. The molecule has 1 N–H and O–H groups in total. The predicted molar refractivity (Wildman–Crippen MR) is 80.0 cm³/mol. The van der Waals surface area contributed by atoms with E-state index in [1.807, 2.05) is 0 Å². The van der Waals surface area contributed by atoms with E-state index >= 15 is 0 Å². The second kappa shape index (κ2) is 6.15. The minimum atomic E-state index is 0.394. The van der Waals surface area contributed by atoms with Gasteiger partial charge >= 0.3 is 0 Å². The summed E-state index contributed by atoms with van der Waals surface area (Å²) in [5.74, 6) is 1.58. The molecule has 3 rings (SSSR count). The molecule has 1 aromatic rings. The second-order valence-corrected chi connectivity index (χ2v) is 5.96. The van der Waals surface area contributed by atoms with E-state index in [2.05, 4.69) is 43.6 Å². The first-order valence-electron chi connectivity index (χ1n) is 7.87. The summed E-state index contributed by atoms with van der Waals surface area (Å²) >= 11 is 0. The number of ether oxygens (including phenoxy) is 2. The van der Waals surface area contributed by atoms with Crippen LogP contribution in [-0.2, 0) is 4.74 Å². The molecule has 2 aliphatic rings. The quantitative estimate of drug-likeness (QED) is 0.864. The fourth-order valence-electron chi connectivity index (χ4n) is 3.65. The van der Waals surface area contributed by atoms with Crippen molar-refractivity contribution in [2.75, 3.05) is 13.7 Å². The van der Waals surface area contributed by atoms with E-state index in [9.17, 15) is 0 Å². The van der Waals surface area contributed by atoms with Gasteiger partial charge < -0.3 is 14.8 Å². The molecule has 0 spiro atoms. The average molecular weight is 275 g/mol. The summed E-state index contributed by atoms with van der Waals surface area (Å²) in [6.45, 7) is 2.91. The van der Waals surface area contributed by atoms with Gasteiger partial charge in [0, 0.05) is 12.0 Å². The Kier molecular flexibility index (Phi) is 4.27. The Balaban J connectivity index is 1.69. The zero-order valence-corrected chi connectivity index (χ0v) is 12.5. The van der Waals surface area contributed by atoms with Crippen LogP contribution in [0.15, 0.2) is 24.3 Å². The summed E-state index contributed by atoms with van der Waals surface area (Å²) < 4.78 is 11.7. The van der Waals surface area contributed by atoms with Crippen molar-refractivity contribution in [1.82, 2.24) is 5.32 Å². The van der Waals surface area contributed by atoms with Gasteiger partial charge in [-0.25, -0.2) is 0 Å². The number of nitrogens with one attached hydrogen (secondary N) is 1. The third-order valence-electron chi connectivity index (χ3n) is 4.60. The molecule has 4 unspecified atom stereocenters. The van der Waals surface area contributed by atoms with E-state index in [1.165, 1.54) is 24.8 Å². The van der Waals surface area contributed by atoms with Crippen molar-refractivity contribution in [1.29, 1.82) is 0 Å². The Morgan fingerprint density at radius 1 is 1.30 bits per heavy atom. The van der Waals surface area contributed by atoms with E-state index in [0.29, 0.717) is 24.2 Å². The van der Waals surface area contributed by atoms with Gasteiger partial charge in [-0.15, -0.1) is 0 Å². The summed E-state index contributed by atoms with van der Waals surface area (Å²) in [6, 6.07) is 8.95. The van der Waals surface area contributed by atoms with Gasteiger partial charge in [0.05, 0.1) is 18.8 Å². The van der Waals surface area contributed by atoms with Crippen molar-refractivity contribution in [2.24, 2.45) is 5.92 Å². The molecule has 2 bridgehead atoms. The zero-order valence-electron chi connectivity index (χ0n) is 12.5. The van der Waals surface area contributed by atoms with Crippen LogP contribution in [0.1, 0.15) is 44.2 Å². The molecule has 2 saturated heterocycles. The number of rotatable bonds is 6. The first kappa shape index (κ1) is 13.9. The van der Waals surface area contributed by atoms with Crippen molar-refractivity contribution in [3.63, 3.8) is 0 Å². The molecule has 110 valence electrons. The molecular formula is C17H25NO2. The summed E-state index contributed by atoms with van der Waals surface area (Å²) in [7, 11) is 2.05. The van der Waals surface area contributed by atoms with E-state index < -0.39 is 0 Å². The van der Waals surface area contributed by atoms with Crippen LogP contribution in [0.2, 0.25) is 0 Å². The molecule has 0 amide bonds. The fourth-order valence-corrected chi connectivity index (χ4v) is 3.65. The van der Waals surface area contributed by atoms with Gasteiger partial charge in [-0.2, -0.15) is 0 Å². The molecule has 20 heavy (non-hydrogen) atoms. The lowest BCUT2D eigenvalue weighted by molar-refractivity contribution is 0.0863. The third-order valence-corrected chi connectivity index (χ3v) is 4.60. The van der Waals surface area contributed by atoms with Crippen LogP contribution in [0.25, 0.3) is 0 Å². The van der Waals surface area contributed by atoms with Crippen LogP contribution in [-0.4, -0.2) is 25.9 Å². The summed E-state index contributed by atoms with van der Waals surface area (Å²) in [6.07, 6.45) is 5.68. The summed E-state index contributed by atoms with van der Waals surface area (Å²) in [4.78, 5) is 0. The molecule has 0 saturated carbocycles. The molecule has 2 fully saturated rings. The van der Waals surface area contributed by atoms with Crippen LogP contribution in [0.3, 0.4) is 0 Å². The van der Waals surface area contributed by atoms with Crippen molar-refractivity contribution < 1.29 is 9.47 Å².